The van der Waals surface area contributed by atoms with Crippen molar-refractivity contribution in [1.82, 2.24) is 4.90 Å². The molecule has 0 unspecified atom stereocenters. The number of carbonyl (C=O) groups excluding carboxylic acids is 1. The van der Waals surface area contributed by atoms with Crippen molar-refractivity contribution in [2.75, 3.05) is 19.6 Å². The molecule has 3 nitrogen and oxygen atoms in total. The molecule has 0 radical (unpaired) electrons. The Morgan fingerprint density at radius 1 is 1.19 bits per heavy atom. The number of benzene rings is 2. The Balaban J connectivity index is 1.58. The zero-order valence-corrected chi connectivity index (χ0v) is 15.9. The lowest BCUT2D eigenvalue weighted by molar-refractivity contribution is -0.0260. The normalized spacial score (nSPS) is 19.3. The number of ketones is 1. The average molecular weight is 424 g/mol. The summed E-state index contributed by atoms with van der Waals surface area (Å²) < 4.78 is 45.4. The van der Waals surface area contributed by atoms with E-state index in [4.69, 9.17) is 5.48 Å². The highest BCUT2D eigenvalue weighted by Crippen LogP contribution is 2.33. The van der Waals surface area contributed by atoms with Crippen molar-refractivity contribution in [3.05, 3.63) is 69.9 Å². The highest BCUT2D eigenvalue weighted by atomic mass is 79.9. The van der Waals surface area contributed by atoms with E-state index in [2.05, 4.69) is 20.8 Å². The molecule has 1 heterocycles. The second-order valence-corrected chi connectivity index (χ2v) is 7.39. The van der Waals surface area contributed by atoms with Gasteiger partial charge in [0.15, 0.2) is 5.78 Å². The number of halogens is 2. The van der Waals surface area contributed by atoms with Gasteiger partial charge in [-0.25, -0.2) is 4.39 Å². The van der Waals surface area contributed by atoms with Crippen LogP contribution in [-0.2, 0) is 5.60 Å². The SMILES string of the molecule is [2H]c1c([2H])c(C2(O)CCN(CCCC(=O)c3ccc(F)cc3)CC2)c([2H])c([2H])c1Br. The monoisotopic (exact) mass is 423 g/mol. The number of nitrogens with zero attached hydrogens (tertiary/aromatic N) is 1. The van der Waals surface area contributed by atoms with E-state index in [1.54, 1.807) is 0 Å². The first-order chi connectivity index (χ1) is 14.1. The van der Waals surface area contributed by atoms with Crippen molar-refractivity contribution < 1.29 is 19.8 Å². The number of hydrogen-bond acceptors (Lipinski definition) is 3. The molecule has 26 heavy (non-hydrogen) atoms. The third kappa shape index (κ3) is 4.78. The molecule has 1 aliphatic rings. The van der Waals surface area contributed by atoms with Gasteiger partial charge in [0.25, 0.3) is 0 Å². The number of carbonyl (C=O) groups is 1. The van der Waals surface area contributed by atoms with Crippen LogP contribution in [-0.4, -0.2) is 35.4 Å². The van der Waals surface area contributed by atoms with Crippen LogP contribution < -0.4 is 0 Å². The second kappa shape index (κ2) is 8.42. The van der Waals surface area contributed by atoms with Crippen LogP contribution in [0.2, 0.25) is 0 Å². The minimum Gasteiger partial charge on any atom is -0.385 e. The van der Waals surface area contributed by atoms with E-state index in [9.17, 15) is 14.3 Å². The van der Waals surface area contributed by atoms with E-state index in [1.807, 2.05) is 0 Å². The molecule has 0 bridgehead atoms. The summed E-state index contributed by atoms with van der Waals surface area (Å²) >= 11 is 3.08. The van der Waals surface area contributed by atoms with Gasteiger partial charge >= 0.3 is 0 Å². The first-order valence-electron chi connectivity index (χ1n) is 10.6. The molecule has 2 aromatic rings. The Morgan fingerprint density at radius 2 is 1.81 bits per heavy atom. The first-order valence-corrected chi connectivity index (χ1v) is 9.43. The average Bonchev–Trinajstić information content (AvgIpc) is 2.73. The molecule has 3 rings (SSSR count). The van der Waals surface area contributed by atoms with Gasteiger partial charge < -0.3 is 10.0 Å². The fourth-order valence-corrected chi connectivity index (χ4v) is 3.37. The van der Waals surface area contributed by atoms with E-state index in [1.165, 1.54) is 24.3 Å². The molecule has 0 saturated carbocycles. The smallest absolute Gasteiger partial charge is 0.162 e. The summed E-state index contributed by atoms with van der Waals surface area (Å²) in [6.45, 7) is 1.71. The van der Waals surface area contributed by atoms with Crippen LogP contribution in [0.1, 0.15) is 47.1 Å². The summed E-state index contributed by atoms with van der Waals surface area (Å²) in [5, 5.41) is 11.1. The topological polar surface area (TPSA) is 40.5 Å². The largest absolute Gasteiger partial charge is 0.385 e. The molecule has 0 spiro atoms. The van der Waals surface area contributed by atoms with Crippen molar-refractivity contribution in [2.45, 2.75) is 31.3 Å². The standard InChI is InChI=1S/C21H23BrFNO2/c22-18-7-5-17(6-8-18)21(26)11-14-24(15-12-21)13-1-2-20(25)16-3-9-19(23)10-4-16/h3-10,26H,1-2,11-15H2/i5D,6D,7D,8D. The van der Waals surface area contributed by atoms with Gasteiger partial charge in [-0.15, -0.1) is 0 Å². The number of aliphatic hydroxyl groups is 1. The van der Waals surface area contributed by atoms with Crippen LogP contribution in [0.3, 0.4) is 0 Å². The molecule has 0 aliphatic carbocycles. The number of likely N-dealkylation sites (tertiary alicyclic amines) is 1. The summed E-state index contributed by atoms with van der Waals surface area (Å²) in [6.07, 6.45) is 1.56. The van der Waals surface area contributed by atoms with Crippen LogP contribution in [0.15, 0.2) is 52.9 Å². The second-order valence-electron chi connectivity index (χ2n) is 6.60. The highest BCUT2D eigenvalue weighted by Gasteiger charge is 2.33. The molecule has 0 aromatic heterocycles. The third-order valence-corrected chi connectivity index (χ3v) is 5.18. The summed E-state index contributed by atoms with van der Waals surface area (Å²) in [5.74, 6) is -0.415. The summed E-state index contributed by atoms with van der Waals surface area (Å²) in [4.78, 5) is 14.3. The van der Waals surface area contributed by atoms with Crippen LogP contribution in [0.5, 0.6) is 0 Å². The zero-order chi connectivity index (χ0) is 22.1. The zero-order valence-electron chi connectivity index (χ0n) is 18.3. The first kappa shape index (κ1) is 14.5. The maximum absolute atomic E-state index is 13.0. The summed E-state index contributed by atoms with van der Waals surface area (Å²) in [5.41, 5.74) is -0.879. The Kier molecular flexibility index (Phi) is 4.69. The van der Waals surface area contributed by atoms with Gasteiger partial charge in [0.05, 0.1) is 11.1 Å². The van der Waals surface area contributed by atoms with Crippen LogP contribution in [0.25, 0.3) is 0 Å². The van der Waals surface area contributed by atoms with E-state index < -0.39 is 5.60 Å². The van der Waals surface area contributed by atoms with Crippen molar-refractivity contribution in [2.24, 2.45) is 0 Å². The van der Waals surface area contributed by atoms with E-state index in [0.717, 1.165) is 0 Å². The fourth-order valence-electron chi connectivity index (χ4n) is 3.17. The predicted molar refractivity (Wildman–Crippen MR) is 104 cm³/mol. The quantitative estimate of drug-likeness (QED) is 0.693. The lowest BCUT2D eigenvalue weighted by Crippen LogP contribution is -2.42. The van der Waals surface area contributed by atoms with Gasteiger partial charge in [0.1, 0.15) is 5.82 Å². The Morgan fingerprint density at radius 3 is 2.42 bits per heavy atom. The Hall–Kier alpha value is -1.56. The fraction of sp³-hybridized carbons (Fsp3) is 0.381. The van der Waals surface area contributed by atoms with Gasteiger partial charge in [-0.2, -0.15) is 0 Å². The van der Waals surface area contributed by atoms with Gasteiger partial charge in [-0.1, -0.05) is 28.0 Å². The van der Waals surface area contributed by atoms with Gasteiger partial charge in [0, 0.05) is 29.5 Å². The van der Waals surface area contributed by atoms with Crippen LogP contribution in [0, 0.1) is 5.82 Å². The molecule has 1 aliphatic heterocycles. The van der Waals surface area contributed by atoms with Gasteiger partial charge in [0.2, 0.25) is 0 Å². The lowest BCUT2D eigenvalue weighted by atomic mass is 9.84. The van der Waals surface area contributed by atoms with E-state index in [-0.39, 0.29) is 58.6 Å². The minimum atomic E-state index is -1.42. The molecule has 0 amide bonds. The molecular formula is C21H23BrFNO2. The van der Waals surface area contributed by atoms with Crippen LogP contribution in [0.4, 0.5) is 4.39 Å². The third-order valence-electron chi connectivity index (χ3n) is 4.79. The lowest BCUT2D eigenvalue weighted by Gasteiger charge is -2.38. The summed E-state index contributed by atoms with van der Waals surface area (Å²) in [7, 11) is 0. The van der Waals surface area contributed by atoms with Crippen molar-refractivity contribution in [3.8, 4) is 0 Å². The molecular weight excluding hydrogens is 397 g/mol. The van der Waals surface area contributed by atoms with E-state index in [0.29, 0.717) is 38.0 Å². The number of piperidine rings is 1. The number of hydrogen-bond donors (Lipinski definition) is 1. The number of Topliss-reactive ketones (excluding diaryl/α,β-unsaturated/α-hetero) is 1. The summed E-state index contributed by atoms with van der Waals surface area (Å²) in [6, 6.07) is 4.68. The van der Waals surface area contributed by atoms with Crippen molar-refractivity contribution in [1.29, 1.82) is 0 Å². The maximum Gasteiger partial charge on any atom is 0.162 e. The van der Waals surface area contributed by atoms with Gasteiger partial charge in [-0.05, 0) is 67.7 Å². The minimum absolute atomic E-state index is 0.0398. The van der Waals surface area contributed by atoms with E-state index >= 15 is 0 Å². The Bertz CT molecular complexity index is 918. The Labute approximate surface area is 167 Å². The predicted octanol–water partition coefficient (Wildman–Crippen LogP) is 4.53. The number of rotatable bonds is 6. The molecule has 138 valence electrons. The maximum atomic E-state index is 13.0. The van der Waals surface area contributed by atoms with Crippen molar-refractivity contribution in [3.63, 3.8) is 0 Å². The highest BCUT2D eigenvalue weighted by molar-refractivity contribution is 9.10. The van der Waals surface area contributed by atoms with Crippen LogP contribution >= 0.6 is 15.9 Å². The van der Waals surface area contributed by atoms with Crippen molar-refractivity contribution >= 4 is 21.7 Å². The molecule has 0 atom stereocenters. The van der Waals surface area contributed by atoms with Gasteiger partial charge in [-0.3, -0.25) is 4.79 Å². The molecule has 2 aromatic carbocycles. The molecule has 1 N–H and O–H groups in total. The molecule has 1 fully saturated rings. The molecule has 5 heteroatoms. The molecule has 1 saturated heterocycles.